The van der Waals surface area contributed by atoms with Gasteiger partial charge in [0, 0.05) is 0 Å². The first kappa shape index (κ1) is 11.7. The van der Waals surface area contributed by atoms with Crippen LogP contribution in [-0.2, 0) is 4.74 Å². The molecule has 0 aliphatic heterocycles. The molecule has 0 atom stereocenters. The summed E-state index contributed by atoms with van der Waals surface area (Å²) in [5.41, 5.74) is 6.44. The van der Waals surface area contributed by atoms with Crippen molar-refractivity contribution in [1.82, 2.24) is 4.98 Å². The van der Waals surface area contributed by atoms with Gasteiger partial charge in [0.2, 0.25) is 5.88 Å². The maximum Gasteiger partial charge on any atom is 0.356 e. The molecule has 0 bridgehead atoms. The number of rotatable bonds is 3. The molecule has 5 heteroatoms. The van der Waals surface area contributed by atoms with E-state index in [1.54, 1.807) is 6.07 Å². The second-order valence-electron chi connectivity index (χ2n) is 4.11. The van der Waals surface area contributed by atoms with E-state index in [1.165, 1.54) is 26.0 Å². The Bertz CT molecular complexity index is 414. The van der Waals surface area contributed by atoms with E-state index in [2.05, 4.69) is 9.72 Å². The van der Waals surface area contributed by atoms with Crippen molar-refractivity contribution in [3.05, 3.63) is 17.8 Å². The first-order valence-corrected chi connectivity index (χ1v) is 5.72. The Hall–Kier alpha value is -1.78. The minimum atomic E-state index is -0.485. The highest BCUT2D eigenvalue weighted by atomic mass is 16.5. The first-order chi connectivity index (χ1) is 8.20. The highest BCUT2D eigenvalue weighted by Crippen LogP contribution is 2.26. The maximum absolute atomic E-state index is 11.3. The topological polar surface area (TPSA) is 74.4 Å². The average Bonchev–Trinajstić information content (AvgIpc) is 2.84. The fourth-order valence-electron chi connectivity index (χ4n) is 1.93. The molecule has 2 rings (SSSR count). The van der Waals surface area contributed by atoms with Crippen LogP contribution in [0.2, 0.25) is 0 Å². The van der Waals surface area contributed by atoms with Crippen LogP contribution >= 0.6 is 0 Å². The van der Waals surface area contributed by atoms with Crippen LogP contribution in [0.15, 0.2) is 12.1 Å². The number of carbonyl (C=O) groups is 1. The highest BCUT2D eigenvalue weighted by Gasteiger charge is 2.19. The number of pyridine rings is 1. The van der Waals surface area contributed by atoms with Crippen molar-refractivity contribution in [3.8, 4) is 5.88 Å². The van der Waals surface area contributed by atoms with Gasteiger partial charge in [0.15, 0.2) is 5.69 Å². The fraction of sp³-hybridized carbons (Fsp3) is 0.500. The number of nitrogens with zero attached hydrogens (tertiary/aromatic N) is 1. The first-order valence-electron chi connectivity index (χ1n) is 5.72. The van der Waals surface area contributed by atoms with Gasteiger partial charge in [-0.3, -0.25) is 0 Å². The molecule has 1 aromatic rings. The van der Waals surface area contributed by atoms with Crippen molar-refractivity contribution in [2.24, 2.45) is 0 Å². The lowest BCUT2D eigenvalue weighted by molar-refractivity contribution is 0.0592. The van der Waals surface area contributed by atoms with Gasteiger partial charge < -0.3 is 15.2 Å². The molecule has 0 unspecified atom stereocenters. The lowest BCUT2D eigenvalue weighted by atomic mass is 10.3. The third-order valence-electron chi connectivity index (χ3n) is 2.86. The molecule has 0 saturated heterocycles. The van der Waals surface area contributed by atoms with E-state index in [4.69, 9.17) is 10.5 Å². The maximum atomic E-state index is 11.3. The number of hydrogen-bond donors (Lipinski definition) is 1. The van der Waals surface area contributed by atoms with Gasteiger partial charge in [-0.25, -0.2) is 9.78 Å². The summed E-state index contributed by atoms with van der Waals surface area (Å²) in [7, 11) is 1.32. The van der Waals surface area contributed by atoms with E-state index in [0.717, 1.165) is 12.8 Å². The molecule has 1 saturated carbocycles. The standard InChI is InChI=1S/C12H16N2O3/c1-16-12(15)10-7-6-9(13)11(14-10)17-8-4-2-3-5-8/h6-8H,2-5,13H2,1H3. The summed E-state index contributed by atoms with van der Waals surface area (Å²) in [4.78, 5) is 15.4. The van der Waals surface area contributed by atoms with E-state index in [0.29, 0.717) is 11.6 Å². The Morgan fingerprint density at radius 2 is 2.12 bits per heavy atom. The Morgan fingerprint density at radius 3 is 2.76 bits per heavy atom. The second kappa shape index (κ2) is 5.03. The number of hydrogen-bond acceptors (Lipinski definition) is 5. The molecule has 1 aliphatic rings. The molecular weight excluding hydrogens is 220 g/mol. The van der Waals surface area contributed by atoms with Gasteiger partial charge in [0.25, 0.3) is 0 Å². The number of esters is 1. The van der Waals surface area contributed by atoms with Gasteiger partial charge in [-0.1, -0.05) is 0 Å². The Kier molecular flexibility index (Phi) is 3.46. The van der Waals surface area contributed by atoms with Gasteiger partial charge in [-0.15, -0.1) is 0 Å². The van der Waals surface area contributed by atoms with E-state index < -0.39 is 5.97 Å². The van der Waals surface area contributed by atoms with Crippen LogP contribution in [0.5, 0.6) is 5.88 Å². The molecule has 0 radical (unpaired) electrons. The van der Waals surface area contributed by atoms with Crippen LogP contribution in [0.4, 0.5) is 5.69 Å². The van der Waals surface area contributed by atoms with Crippen LogP contribution in [0.1, 0.15) is 36.2 Å². The largest absolute Gasteiger partial charge is 0.473 e. The predicted octanol–water partition coefficient (Wildman–Crippen LogP) is 1.77. The zero-order valence-corrected chi connectivity index (χ0v) is 9.81. The van der Waals surface area contributed by atoms with Crippen molar-refractivity contribution in [2.45, 2.75) is 31.8 Å². The monoisotopic (exact) mass is 236 g/mol. The van der Waals surface area contributed by atoms with Crippen molar-refractivity contribution < 1.29 is 14.3 Å². The molecule has 92 valence electrons. The zero-order valence-electron chi connectivity index (χ0n) is 9.81. The van der Waals surface area contributed by atoms with Gasteiger partial charge >= 0.3 is 5.97 Å². The predicted molar refractivity (Wildman–Crippen MR) is 62.9 cm³/mol. The summed E-state index contributed by atoms with van der Waals surface area (Å²) < 4.78 is 10.3. The number of ether oxygens (including phenoxy) is 2. The lowest BCUT2D eigenvalue weighted by Gasteiger charge is -2.14. The molecule has 1 aromatic heterocycles. The summed E-state index contributed by atoms with van der Waals surface area (Å²) in [6, 6.07) is 3.15. The average molecular weight is 236 g/mol. The van der Waals surface area contributed by atoms with E-state index in [-0.39, 0.29) is 11.8 Å². The normalized spacial score (nSPS) is 15.8. The van der Waals surface area contributed by atoms with Crippen LogP contribution in [0.3, 0.4) is 0 Å². The zero-order chi connectivity index (χ0) is 12.3. The number of nitrogens with two attached hydrogens (primary N) is 1. The third-order valence-corrected chi connectivity index (χ3v) is 2.86. The molecule has 5 nitrogen and oxygen atoms in total. The number of nitrogen functional groups attached to an aromatic ring is 1. The number of aromatic nitrogens is 1. The molecule has 2 N–H and O–H groups in total. The number of carbonyl (C=O) groups excluding carboxylic acids is 1. The molecule has 0 amide bonds. The molecule has 1 fully saturated rings. The van der Waals surface area contributed by atoms with Crippen molar-refractivity contribution in [1.29, 1.82) is 0 Å². The van der Waals surface area contributed by atoms with E-state index in [1.807, 2.05) is 0 Å². The van der Waals surface area contributed by atoms with Crippen molar-refractivity contribution >= 4 is 11.7 Å². The van der Waals surface area contributed by atoms with Gasteiger partial charge in [-0.05, 0) is 37.8 Å². The lowest BCUT2D eigenvalue weighted by Crippen LogP contribution is -2.15. The molecule has 0 spiro atoms. The summed E-state index contributed by atoms with van der Waals surface area (Å²) in [5.74, 6) is -0.152. The summed E-state index contributed by atoms with van der Waals surface area (Å²) >= 11 is 0. The van der Waals surface area contributed by atoms with Gasteiger partial charge in [-0.2, -0.15) is 0 Å². The van der Waals surface area contributed by atoms with Crippen LogP contribution in [-0.4, -0.2) is 24.2 Å². The molecule has 17 heavy (non-hydrogen) atoms. The van der Waals surface area contributed by atoms with Gasteiger partial charge in [0.1, 0.15) is 6.10 Å². The fourth-order valence-corrected chi connectivity index (χ4v) is 1.93. The van der Waals surface area contributed by atoms with Crippen molar-refractivity contribution in [3.63, 3.8) is 0 Å². The molecule has 0 aromatic carbocycles. The number of anilines is 1. The number of methoxy groups -OCH3 is 1. The second-order valence-corrected chi connectivity index (χ2v) is 4.11. The Balaban J connectivity index is 2.16. The molecule has 1 heterocycles. The van der Waals surface area contributed by atoms with E-state index >= 15 is 0 Å². The van der Waals surface area contributed by atoms with E-state index in [9.17, 15) is 4.79 Å². The minimum Gasteiger partial charge on any atom is -0.473 e. The summed E-state index contributed by atoms with van der Waals surface area (Å²) in [6.45, 7) is 0. The quantitative estimate of drug-likeness (QED) is 0.809. The highest BCUT2D eigenvalue weighted by molar-refractivity contribution is 5.87. The smallest absolute Gasteiger partial charge is 0.356 e. The third kappa shape index (κ3) is 2.67. The molecular formula is C12H16N2O3. The van der Waals surface area contributed by atoms with Crippen LogP contribution < -0.4 is 10.5 Å². The van der Waals surface area contributed by atoms with Crippen molar-refractivity contribution in [2.75, 3.05) is 12.8 Å². The Morgan fingerprint density at radius 1 is 1.41 bits per heavy atom. The minimum absolute atomic E-state index is 0.165. The van der Waals surface area contributed by atoms with Gasteiger partial charge in [0.05, 0.1) is 12.8 Å². The van der Waals surface area contributed by atoms with Crippen LogP contribution in [0.25, 0.3) is 0 Å². The van der Waals surface area contributed by atoms with Crippen LogP contribution in [0, 0.1) is 0 Å². The SMILES string of the molecule is COC(=O)c1ccc(N)c(OC2CCCC2)n1. The summed E-state index contributed by atoms with van der Waals surface area (Å²) in [5, 5.41) is 0. The molecule has 1 aliphatic carbocycles. The summed E-state index contributed by atoms with van der Waals surface area (Å²) in [6.07, 6.45) is 4.54. The Labute approximate surface area is 99.9 Å².